The summed E-state index contributed by atoms with van der Waals surface area (Å²) in [6, 6.07) is 0. The van der Waals surface area contributed by atoms with Crippen molar-refractivity contribution in [1.29, 1.82) is 0 Å². The van der Waals surface area contributed by atoms with Crippen LogP contribution in [0.3, 0.4) is 0 Å². The molecule has 0 aromatic heterocycles. The van der Waals surface area contributed by atoms with Crippen LogP contribution >= 0.6 is 11.6 Å². The van der Waals surface area contributed by atoms with Gasteiger partial charge in [0.15, 0.2) is 6.29 Å². The summed E-state index contributed by atoms with van der Waals surface area (Å²) in [5.41, 5.74) is 0. The third-order valence-corrected chi connectivity index (χ3v) is 5.52. The number of hydrogen-bond donors (Lipinski definition) is 0. The molecular formula is C19H29ClO5. The summed E-state index contributed by atoms with van der Waals surface area (Å²) in [6.07, 6.45) is 11.3. The highest BCUT2D eigenvalue weighted by molar-refractivity contribution is 6.21. The zero-order valence-electron chi connectivity index (χ0n) is 14.9. The van der Waals surface area contributed by atoms with Gasteiger partial charge >= 0.3 is 5.97 Å². The van der Waals surface area contributed by atoms with E-state index in [1.165, 1.54) is 7.11 Å². The third kappa shape index (κ3) is 6.39. The lowest BCUT2D eigenvalue weighted by Crippen LogP contribution is -2.31. The van der Waals surface area contributed by atoms with Crippen molar-refractivity contribution in [3.05, 3.63) is 12.2 Å². The van der Waals surface area contributed by atoms with Crippen LogP contribution < -0.4 is 0 Å². The normalized spacial score (nSPS) is 32.8. The molecule has 25 heavy (non-hydrogen) atoms. The van der Waals surface area contributed by atoms with E-state index in [0.717, 1.165) is 51.4 Å². The zero-order chi connectivity index (χ0) is 18.1. The maximum Gasteiger partial charge on any atom is 0.305 e. The Hall–Kier alpha value is -0.910. The van der Waals surface area contributed by atoms with Gasteiger partial charge in [0.25, 0.3) is 0 Å². The smallest absolute Gasteiger partial charge is 0.305 e. The van der Waals surface area contributed by atoms with Crippen molar-refractivity contribution in [1.82, 2.24) is 0 Å². The highest BCUT2D eigenvalue weighted by Gasteiger charge is 2.43. The van der Waals surface area contributed by atoms with Crippen LogP contribution in [0.15, 0.2) is 12.2 Å². The van der Waals surface area contributed by atoms with E-state index in [-0.39, 0.29) is 35.6 Å². The van der Waals surface area contributed by atoms with E-state index < -0.39 is 0 Å². The number of alkyl halides is 1. The van der Waals surface area contributed by atoms with Crippen LogP contribution in [0.1, 0.15) is 51.4 Å². The minimum absolute atomic E-state index is 0.0662. The number of esters is 1. The van der Waals surface area contributed by atoms with Gasteiger partial charge in [-0.3, -0.25) is 4.79 Å². The quantitative estimate of drug-likeness (QED) is 0.203. The second-order valence-corrected chi connectivity index (χ2v) is 7.34. The first-order valence-corrected chi connectivity index (χ1v) is 9.67. The van der Waals surface area contributed by atoms with Crippen LogP contribution in [0, 0.1) is 11.8 Å². The number of aldehydes is 1. The molecule has 1 unspecified atom stereocenters. The number of ether oxygens (including phenoxy) is 3. The molecule has 0 aromatic carbocycles. The van der Waals surface area contributed by atoms with Gasteiger partial charge in [-0.05, 0) is 50.9 Å². The van der Waals surface area contributed by atoms with Gasteiger partial charge in [0, 0.05) is 24.3 Å². The monoisotopic (exact) mass is 372 g/mol. The summed E-state index contributed by atoms with van der Waals surface area (Å²) in [5.74, 6) is -0.284. The maximum absolute atomic E-state index is 11.6. The second kappa shape index (κ2) is 10.9. The Bertz CT molecular complexity index is 447. The van der Waals surface area contributed by atoms with E-state index in [1.54, 1.807) is 0 Å². The van der Waals surface area contributed by atoms with Crippen LogP contribution in [-0.2, 0) is 23.8 Å². The van der Waals surface area contributed by atoms with Crippen molar-refractivity contribution in [2.24, 2.45) is 11.8 Å². The number of carbonyl (C=O) groups excluding carboxylic acids is 2. The molecule has 2 rings (SSSR count). The molecule has 1 saturated heterocycles. The minimum Gasteiger partial charge on any atom is -0.469 e. The fourth-order valence-corrected chi connectivity index (χ4v) is 4.01. The molecule has 0 radical (unpaired) electrons. The van der Waals surface area contributed by atoms with Gasteiger partial charge in [-0.1, -0.05) is 12.2 Å². The molecule has 1 heterocycles. The zero-order valence-corrected chi connectivity index (χ0v) is 15.7. The molecular weight excluding hydrogens is 344 g/mol. The van der Waals surface area contributed by atoms with E-state index >= 15 is 0 Å². The molecule has 6 heteroatoms. The van der Waals surface area contributed by atoms with E-state index in [0.29, 0.717) is 12.8 Å². The number of allylic oxidation sites excluding steroid dienone is 2. The van der Waals surface area contributed by atoms with E-state index in [4.69, 9.17) is 21.1 Å². The Morgan fingerprint density at radius 1 is 1.32 bits per heavy atom. The maximum atomic E-state index is 11.6. The molecule has 0 spiro atoms. The van der Waals surface area contributed by atoms with Crippen molar-refractivity contribution in [2.75, 3.05) is 13.7 Å². The fraction of sp³-hybridized carbons (Fsp3) is 0.789. The Morgan fingerprint density at radius 3 is 2.84 bits per heavy atom. The van der Waals surface area contributed by atoms with E-state index in [2.05, 4.69) is 10.8 Å². The highest BCUT2D eigenvalue weighted by Crippen LogP contribution is 2.40. The summed E-state index contributed by atoms with van der Waals surface area (Å²) in [6.45, 7) is 0.727. The van der Waals surface area contributed by atoms with Crippen LogP contribution in [0.4, 0.5) is 0 Å². The molecule has 0 bridgehead atoms. The van der Waals surface area contributed by atoms with Crippen molar-refractivity contribution in [2.45, 2.75) is 69.1 Å². The number of methoxy groups -OCH3 is 1. The molecule has 1 saturated carbocycles. The summed E-state index contributed by atoms with van der Waals surface area (Å²) in [7, 11) is 1.40. The van der Waals surface area contributed by atoms with E-state index in [9.17, 15) is 9.59 Å². The van der Waals surface area contributed by atoms with Crippen molar-refractivity contribution in [3.63, 3.8) is 0 Å². The number of unbranched alkanes of at least 4 members (excludes halogenated alkanes) is 1. The molecule has 5 atom stereocenters. The summed E-state index contributed by atoms with van der Waals surface area (Å²) in [4.78, 5) is 22.7. The first-order valence-electron chi connectivity index (χ1n) is 9.24. The SMILES string of the molecule is COC(=O)CCC/C=C\C[C@@H]1[C@@H](C=O)[C@@H](OC2CCCCO2)C[C@H]1Cl. The number of halogens is 1. The largest absolute Gasteiger partial charge is 0.469 e. The molecule has 142 valence electrons. The Balaban J connectivity index is 1.77. The van der Waals surface area contributed by atoms with Gasteiger partial charge in [-0.25, -0.2) is 0 Å². The van der Waals surface area contributed by atoms with Gasteiger partial charge in [0.2, 0.25) is 0 Å². The van der Waals surface area contributed by atoms with Crippen LogP contribution in [0.5, 0.6) is 0 Å². The lowest BCUT2D eigenvalue weighted by Gasteiger charge is -2.28. The van der Waals surface area contributed by atoms with Crippen molar-refractivity contribution in [3.8, 4) is 0 Å². The minimum atomic E-state index is -0.197. The summed E-state index contributed by atoms with van der Waals surface area (Å²) < 4.78 is 16.3. The average Bonchev–Trinajstić information content (AvgIpc) is 2.92. The first-order chi connectivity index (χ1) is 12.2. The lowest BCUT2D eigenvalue weighted by molar-refractivity contribution is -0.194. The number of carbonyl (C=O) groups is 2. The van der Waals surface area contributed by atoms with Crippen LogP contribution in [0.2, 0.25) is 0 Å². The van der Waals surface area contributed by atoms with Gasteiger partial charge < -0.3 is 19.0 Å². The van der Waals surface area contributed by atoms with Gasteiger partial charge in [0.05, 0.1) is 13.2 Å². The topological polar surface area (TPSA) is 61.8 Å². The summed E-state index contributed by atoms with van der Waals surface area (Å²) in [5, 5.41) is -0.0662. The van der Waals surface area contributed by atoms with Gasteiger partial charge in [0.1, 0.15) is 6.29 Å². The molecule has 1 aliphatic carbocycles. The molecule has 5 nitrogen and oxygen atoms in total. The van der Waals surface area contributed by atoms with Gasteiger partial charge in [-0.2, -0.15) is 0 Å². The average molecular weight is 373 g/mol. The molecule has 2 fully saturated rings. The molecule has 0 aromatic rings. The summed E-state index contributed by atoms with van der Waals surface area (Å²) >= 11 is 6.49. The highest BCUT2D eigenvalue weighted by atomic mass is 35.5. The Morgan fingerprint density at radius 2 is 2.16 bits per heavy atom. The Kier molecular flexibility index (Phi) is 8.93. The van der Waals surface area contributed by atoms with Crippen LogP contribution in [-0.4, -0.2) is 43.7 Å². The first kappa shape index (κ1) is 20.4. The number of rotatable bonds is 9. The molecule has 1 aliphatic heterocycles. The fourth-order valence-electron chi connectivity index (χ4n) is 3.56. The lowest BCUT2D eigenvalue weighted by atomic mass is 9.92. The van der Waals surface area contributed by atoms with Crippen LogP contribution in [0.25, 0.3) is 0 Å². The predicted octanol–water partition coefficient (Wildman–Crippen LogP) is 3.63. The number of hydrogen-bond acceptors (Lipinski definition) is 5. The molecule has 0 N–H and O–H groups in total. The Labute approximate surface area is 155 Å². The van der Waals surface area contributed by atoms with Gasteiger partial charge in [-0.15, -0.1) is 11.6 Å². The van der Waals surface area contributed by atoms with E-state index in [1.807, 2.05) is 6.08 Å². The van der Waals surface area contributed by atoms with Crippen molar-refractivity contribution < 1.29 is 23.8 Å². The molecule has 2 aliphatic rings. The van der Waals surface area contributed by atoms with Crippen molar-refractivity contribution >= 4 is 23.9 Å². The third-order valence-electron chi connectivity index (χ3n) is 5.02. The molecule has 0 amide bonds. The predicted molar refractivity (Wildman–Crippen MR) is 95.4 cm³/mol. The standard InChI is InChI=1S/C19H29ClO5/c1-23-18(22)9-5-3-2-4-8-14-15(13-21)17(12-16(14)20)25-19-10-6-7-11-24-19/h2,4,13-17,19H,3,5-12H2,1H3/b4-2-/t14-,15-,16-,17+,19?/m1/s1. The second-order valence-electron chi connectivity index (χ2n) is 6.78.